The van der Waals surface area contributed by atoms with Gasteiger partial charge in [-0.3, -0.25) is 5.10 Å². The molecular weight excluding hydrogens is 290 g/mol. The number of pyridine rings is 1. The second kappa shape index (κ2) is 5.30. The summed E-state index contributed by atoms with van der Waals surface area (Å²) < 4.78 is 4.86. The molecule has 0 radical (unpaired) electrons. The lowest BCUT2D eigenvalue weighted by Gasteiger charge is -2.10. The molecule has 3 rings (SSSR count). The highest BCUT2D eigenvalue weighted by molar-refractivity contribution is 7.21. The van der Waals surface area contributed by atoms with Crippen LogP contribution in [0.15, 0.2) is 12.4 Å². The van der Waals surface area contributed by atoms with E-state index in [1.54, 1.807) is 12.4 Å². The Bertz CT molecular complexity index is 807. The molecule has 3 aromatic heterocycles. The number of esters is 1. The van der Waals surface area contributed by atoms with Crippen LogP contribution in [0.3, 0.4) is 0 Å². The number of ether oxygens (including phenoxy) is 1. The van der Waals surface area contributed by atoms with Crippen molar-refractivity contribution in [3.8, 4) is 0 Å². The van der Waals surface area contributed by atoms with Crippen LogP contribution in [0, 0.1) is 0 Å². The minimum Gasteiger partial charge on any atom is -0.465 e. The lowest BCUT2D eigenvalue weighted by Crippen LogP contribution is -2.25. The van der Waals surface area contributed by atoms with Gasteiger partial charge in [0.15, 0.2) is 0 Å². The van der Waals surface area contributed by atoms with E-state index in [1.807, 2.05) is 6.92 Å². The van der Waals surface area contributed by atoms with Gasteiger partial charge in [0, 0.05) is 23.4 Å². The van der Waals surface area contributed by atoms with E-state index in [0.717, 1.165) is 21.1 Å². The van der Waals surface area contributed by atoms with Crippen molar-refractivity contribution in [2.45, 2.75) is 13.0 Å². The Hall–Kier alpha value is -2.19. The molecule has 0 aliphatic heterocycles. The number of nitrogens with one attached hydrogen (secondary N) is 2. The van der Waals surface area contributed by atoms with Gasteiger partial charge in [0.2, 0.25) is 0 Å². The first-order valence-corrected chi connectivity index (χ1v) is 7.25. The molecule has 0 aliphatic carbocycles. The summed E-state index contributed by atoms with van der Waals surface area (Å²) in [7, 11) is 1.36. The number of nitrogens with zero attached hydrogens (tertiary/aromatic N) is 2. The van der Waals surface area contributed by atoms with Crippen LogP contribution in [0.1, 0.15) is 16.6 Å². The van der Waals surface area contributed by atoms with Gasteiger partial charge in [0.25, 0.3) is 0 Å². The van der Waals surface area contributed by atoms with Gasteiger partial charge in [0.05, 0.1) is 30.7 Å². The minimum atomic E-state index is -0.387. The maximum atomic E-state index is 12.0. The van der Waals surface area contributed by atoms with Crippen LogP contribution in [0.4, 0.5) is 5.69 Å². The van der Waals surface area contributed by atoms with Gasteiger partial charge < -0.3 is 15.8 Å². The number of carbonyl (C=O) groups is 1. The van der Waals surface area contributed by atoms with Crippen molar-refractivity contribution in [1.29, 1.82) is 0 Å². The van der Waals surface area contributed by atoms with E-state index in [9.17, 15) is 4.79 Å². The summed E-state index contributed by atoms with van der Waals surface area (Å²) in [6, 6.07) is -0.0399. The Kier molecular flexibility index (Phi) is 3.48. The maximum Gasteiger partial charge on any atom is 0.350 e. The zero-order valence-corrected chi connectivity index (χ0v) is 12.5. The summed E-state index contributed by atoms with van der Waals surface area (Å²) in [6.07, 6.45) is 3.43. The number of aromatic amines is 1. The highest BCUT2D eigenvalue weighted by Crippen LogP contribution is 2.38. The van der Waals surface area contributed by atoms with E-state index >= 15 is 0 Å². The van der Waals surface area contributed by atoms with Crippen molar-refractivity contribution in [2.24, 2.45) is 5.73 Å². The molecule has 0 aliphatic rings. The number of methoxy groups -OCH3 is 1. The molecule has 3 heterocycles. The monoisotopic (exact) mass is 305 g/mol. The third-order valence-electron chi connectivity index (χ3n) is 3.11. The van der Waals surface area contributed by atoms with Crippen LogP contribution in [0.2, 0.25) is 0 Å². The normalized spacial score (nSPS) is 12.7. The van der Waals surface area contributed by atoms with Crippen molar-refractivity contribution in [3.05, 3.63) is 17.3 Å². The zero-order chi connectivity index (χ0) is 15.0. The van der Waals surface area contributed by atoms with Crippen LogP contribution in [-0.4, -0.2) is 40.8 Å². The number of hydrogen-bond donors (Lipinski definition) is 3. The van der Waals surface area contributed by atoms with Crippen molar-refractivity contribution < 1.29 is 9.53 Å². The SMILES string of the molecule is COC(=O)c1sc2ncc3[nH]ncc3c2c1NC[C@@H](C)N. The third-order valence-corrected chi connectivity index (χ3v) is 4.19. The Balaban J connectivity index is 2.25. The first-order valence-electron chi connectivity index (χ1n) is 6.44. The molecular formula is C13H15N5O2S. The Morgan fingerprint density at radius 3 is 3.10 bits per heavy atom. The van der Waals surface area contributed by atoms with Crippen molar-refractivity contribution in [2.75, 3.05) is 19.0 Å². The fraction of sp³-hybridized carbons (Fsp3) is 0.308. The van der Waals surface area contributed by atoms with E-state index in [2.05, 4.69) is 20.5 Å². The van der Waals surface area contributed by atoms with Crippen LogP contribution < -0.4 is 11.1 Å². The van der Waals surface area contributed by atoms with E-state index in [-0.39, 0.29) is 12.0 Å². The molecule has 0 bridgehead atoms. The fourth-order valence-electron chi connectivity index (χ4n) is 2.15. The third kappa shape index (κ3) is 2.32. The summed E-state index contributed by atoms with van der Waals surface area (Å²) in [5.74, 6) is -0.387. The van der Waals surface area contributed by atoms with Gasteiger partial charge in [-0.2, -0.15) is 5.10 Å². The van der Waals surface area contributed by atoms with Gasteiger partial charge in [-0.25, -0.2) is 9.78 Å². The van der Waals surface area contributed by atoms with Crippen molar-refractivity contribution >= 4 is 44.1 Å². The zero-order valence-electron chi connectivity index (χ0n) is 11.6. The van der Waals surface area contributed by atoms with Crippen LogP contribution in [-0.2, 0) is 4.74 Å². The minimum absolute atomic E-state index is 0.0399. The predicted octanol–water partition coefficient (Wildman–Crippen LogP) is 1.72. The predicted molar refractivity (Wildman–Crippen MR) is 82.8 cm³/mol. The quantitative estimate of drug-likeness (QED) is 0.634. The van der Waals surface area contributed by atoms with Crippen molar-refractivity contribution in [1.82, 2.24) is 15.2 Å². The molecule has 0 aromatic carbocycles. The molecule has 1 atom stereocenters. The number of thiophene rings is 1. The number of fused-ring (bicyclic) bond motifs is 3. The molecule has 0 fully saturated rings. The van der Waals surface area contributed by atoms with Crippen LogP contribution in [0.25, 0.3) is 21.1 Å². The van der Waals surface area contributed by atoms with E-state index < -0.39 is 0 Å². The lowest BCUT2D eigenvalue weighted by molar-refractivity contribution is 0.0607. The van der Waals surface area contributed by atoms with Gasteiger partial charge in [-0.1, -0.05) is 0 Å². The van der Waals surface area contributed by atoms with E-state index in [1.165, 1.54) is 18.4 Å². The second-order valence-corrected chi connectivity index (χ2v) is 5.79. The van der Waals surface area contributed by atoms with Gasteiger partial charge in [-0.15, -0.1) is 11.3 Å². The Labute approximate surface area is 124 Å². The molecule has 0 saturated heterocycles. The molecule has 8 heteroatoms. The highest BCUT2D eigenvalue weighted by Gasteiger charge is 2.22. The van der Waals surface area contributed by atoms with E-state index in [4.69, 9.17) is 10.5 Å². The lowest BCUT2D eigenvalue weighted by atomic mass is 10.2. The standard InChI is InChI=1S/C13H15N5O2S/c1-6(14)3-15-10-9-7-4-17-18-8(7)5-16-12(9)21-11(10)13(19)20-2/h4-6,15H,3,14H2,1-2H3,(H,17,18)/t6-/m1/s1. The average Bonchev–Trinajstić information content (AvgIpc) is 3.07. The number of hydrogen-bond acceptors (Lipinski definition) is 7. The molecule has 0 unspecified atom stereocenters. The molecule has 4 N–H and O–H groups in total. The Morgan fingerprint density at radius 2 is 2.38 bits per heavy atom. The number of carbonyl (C=O) groups excluding carboxylic acids is 1. The summed E-state index contributed by atoms with van der Waals surface area (Å²) in [5.41, 5.74) is 7.32. The Morgan fingerprint density at radius 1 is 1.57 bits per heavy atom. The number of anilines is 1. The molecule has 7 nitrogen and oxygen atoms in total. The molecule has 0 amide bonds. The maximum absolute atomic E-state index is 12.0. The van der Waals surface area contributed by atoms with Gasteiger partial charge in [0.1, 0.15) is 9.71 Å². The molecule has 110 valence electrons. The van der Waals surface area contributed by atoms with Gasteiger partial charge >= 0.3 is 5.97 Å². The van der Waals surface area contributed by atoms with Gasteiger partial charge in [-0.05, 0) is 6.92 Å². The fourth-order valence-corrected chi connectivity index (χ4v) is 3.20. The highest BCUT2D eigenvalue weighted by atomic mass is 32.1. The summed E-state index contributed by atoms with van der Waals surface area (Å²) >= 11 is 1.30. The van der Waals surface area contributed by atoms with Crippen molar-refractivity contribution in [3.63, 3.8) is 0 Å². The first kappa shape index (κ1) is 13.8. The topological polar surface area (TPSA) is 106 Å². The summed E-state index contributed by atoms with van der Waals surface area (Å²) in [6.45, 7) is 2.44. The van der Waals surface area contributed by atoms with Crippen LogP contribution in [0.5, 0.6) is 0 Å². The molecule has 21 heavy (non-hydrogen) atoms. The number of nitrogens with two attached hydrogens (primary N) is 1. The first-order chi connectivity index (χ1) is 10.1. The number of aromatic nitrogens is 3. The smallest absolute Gasteiger partial charge is 0.350 e. The second-order valence-electron chi connectivity index (χ2n) is 4.79. The van der Waals surface area contributed by atoms with E-state index in [0.29, 0.717) is 17.1 Å². The largest absolute Gasteiger partial charge is 0.465 e. The molecule has 3 aromatic rings. The molecule has 0 spiro atoms. The number of rotatable bonds is 4. The average molecular weight is 305 g/mol. The summed E-state index contributed by atoms with van der Waals surface area (Å²) in [4.78, 5) is 17.6. The van der Waals surface area contributed by atoms with Crippen LogP contribution >= 0.6 is 11.3 Å². The molecule has 0 saturated carbocycles. The summed E-state index contributed by atoms with van der Waals surface area (Å²) in [5, 5.41) is 11.9. The number of H-pyrrole nitrogens is 1.